The molecule has 18 heteroatoms. The van der Waals surface area contributed by atoms with Crippen LogP contribution in [-0.2, 0) is 41.7 Å². The van der Waals surface area contributed by atoms with Crippen molar-refractivity contribution >= 4 is 52.2 Å². The molecule has 3 heterocycles. The van der Waals surface area contributed by atoms with Gasteiger partial charge >= 0.3 is 17.9 Å². The van der Waals surface area contributed by atoms with E-state index in [1.165, 1.54) is 18.3 Å². The summed E-state index contributed by atoms with van der Waals surface area (Å²) in [6, 6.07) is 15.2. The average molecular weight is 740 g/mol. The second-order valence-corrected chi connectivity index (χ2v) is 12.2. The van der Waals surface area contributed by atoms with Gasteiger partial charge in [0.25, 0.3) is 5.91 Å². The van der Waals surface area contributed by atoms with E-state index in [1.807, 2.05) is 0 Å². The third-order valence-corrected chi connectivity index (χ3v) is 8.26. The molecule has 1 amide bonds. The number of fused-ring (bicyclic) bond motifs is 1. The number of rotatable bonds is 17. The van der Waals surface area contributed by atoms with Gasteiger partial charge in [-0.25, -0.2) is 19.7 Å². The lowest BCUT2D eigenvalue weighted by Gasteiger charge is -2.21. The Kier molecular flexibility index (Phi) is 13.0. The number of carbonyl (C=O) groups excluding carboxylic acids is 4. The lowest BCUT2D eigenvalue weighted by atomic mass is 10.0. The van der Waals surface area contributed by atoms with E-state index in [1.54, 1.807) is 80.0 Å². The van der Waals surface area contributed by atoms with Gasteiger partial charge in [-0.1, -0.05) is 18.1 Å². The van der Waals surface area contributed by atoms with Crippen molar-refractivity contribution in [3.8, 4) is 0 Å². The van der Waals surface area contributed by atoms with Crippen molar-refractivity contribution in [2.75, 3.05) is 30.5 Å². The third kappa shape index (κ3) is 10.2. The van der Waals surface area contributed by atoms with Gasteiger partial charge in [-0.2, -0.15) is 0 Å². The fourth-order valence-electron chi connectivity index (χ4n) is 5.10. The van der Waals surface area contributed by atoms with E-state index >= 15 is 0 Å². The fraction of sp³-hybridized carbons (Fsp3) is 0.278. The summed E-state index contributed by atoms with van der Waals surface area (Å²) >= 11 is 0. The van der Waals surface area contributed by atoms with Gasteiger partial charge in [0.2, 0.25) is 0 Å². The number of imidazole rings is 2. The van der Waals surface area contributed by atoms with E-state index in [0.717, 1.165) is 5.69 Å². The maximum absolute atomic E-state index is 13.5. The highest BCUT2D eigenvalue weighted by atomic mass is 16.7. The Labute approximate surface area is 309 Å². The second kappa shape index (κ2) is 18.2. The Hall–Kier alpha value is -6.66. The Morgan fingerprint density at radius 2 is 1.80 bits per heavy atom. The lowest BCUT2D eigenvalue weighted by molar-refractivity contribution is -0.151. The molecular formula is C36H41N11O7. The summed E-state index contributed by atoms with van der Waals surface area (Å²) in [5.74, 6) is -1.87. The molecule has 5 rings (SSSR count). The molecule has 0 saturated carbocycles. The molecule has 3 unspecified atom stereocenters. The van der Waals surface area contributed by atoms with Crippen LogP contribution in [0.25, 0.3) is 11.0 Å². The number of anilines is 2. The number of hydrogen-bond donors (Lipinski definition) is 6. The number of nitrogens with zero attached hydrogens (tertiary/aromatic N) is 5. The van der Waals surface area contributed by atoms with Gasteiger partial charge in [0, 0.05) is 53.8 Å². The van der Waals surface area contributed by atoms with E-state index in [0.29, 0.717) is 46.0 Å². The van der Waals surface area contributed by atoms with Crippen molar-refractivity contribution in [2.24, 2.45) is 28.3 Å². The molecule has 18 nitrogen and oxygen atoms in total. The monoisotopic (exact) mass is 739 g/mol. The van der Waals surface area contributed by atoms with Gasteiger partial charge in [-0.3, -0.25) is 19.3 Å². The van der Waals surface area contributed by atoms with E-state index in [2.05, 4.69) is 35.4 Å². The summed E-state index contributed by atoms with van der Waals surface area (Å²) in [4.78, 5) is 75.3. The standard InChI is InChI=1S/C36H41N11O7/c1-21(19-53-35(50)26(37)16-25-17-40-20-43-25)32(38)36(51)54-46-33(39)22-6-9-24(10-7-22)42-18-29-44-27-11-8-23(15-28(27)45-29)34(49)47(14-12-31(48)52-2)30-5-3-4-13-41-30/h3-11,13,15,17,20-21,26,32,42H,12,14,16,18-19,37-38H2,1-2H3,(H2,39,46)(H,40,43)(H,44,45). The highest BCUT2D eigenvalue weighted by Crippen LogP contribution is 2.20. The van der Waals surface area contributed by atoms with E-state index in [4.69, 9.17) is 31.5 Å². The first-order valence-corrected chi connectivity index (χ1v) is 16.8. The number of carbonyl (C=O) groups is 4. The Bertz CT molecular complexity index is 2070. The van der Waals surface area contributed by atoms with Crippen LogP contribution in [0.2, 0.25) is 0 Å². The van der Waals surface area contributed by atoms with Gasteiger partial charge in [-0.05, 0) is 54.6 Å². The number of esters is 2. The summed E-state index contributed by atoms with van der Waals surface area (Å²) in [5.41, 5.74) is 21.5. The fourth-order valence-corrected chi connectivity index (χ4v) is 5.10. The van der Waals surface area contributed by atoms with Crippen molar-refractivity contribution in [2.45, 2.75) is 38.4 Å². The number of amidine groups is 1. The van der Waals surface area contributed by atoms with Crippen LogP contribution in [0, 0.1) is 5.92 Å². The second-order valence-electron chi connectivity index (χ2n) is 12.2. The average Bonchev–Trinajstić information content (AvgIpc) is 3.87. The van der Waals surface area contributed by atoms with Crippen molar-refractivity contribution < 1.29 is 33.5 Å². The lowest BCUT2D eigenvalue weighted by Crippen LogP contribution is -2.41. The van der Waals surface area contributed by atoms with E-state index in [-0.39, 0.29) is 37.7 Å². The first-order valence-electron chi connectivity index (χ1n) is 16.8. The van der Waals surface area contributed by atoms with Crippen molar-refractivity contribution in [3.05, 3.63) is 102 Å². The normalized spacial score (nSPS) is 13.1. The molecule has 0 radical (unpaired) electrons. The maximum atomic E-state index is 13.5. The minimum atomic E-state index is -1.14. The predicted octanol–water partition coefficient (Wildman–Crippen LogP) is 1.74. The molecule has 0 saturated heterocycles. The number of H-pyrrole nitrogens is 2. The molecule has 5 aromatic rings. The Morgan fingerprint density at radius 3 is 2.50 bits per heavy atom. The van der Waals surface area contributed by atoms with Crippen molar-refractivity contribution in [3.63, 3.8) is 0 Å². The van der Waals surface area contributed by atoms with Crippen molar-refractivity contribution in [1.29, 1.82) is 0 Å². The highest BCUT2D eigenvalue weighted by Gasteiger charge is 2.26. The van der Waals surface area contributed by atoms with Gasteiger partial charge in [-0.15, -0.1) is 0 Å². The summed E-state index contributed by atoms with van der Waals surface area (Å²) < 4.78 is 9.97. The molecule has 0 bridgehead atoms. The van der Waals surface area contributed by atoms with Gasteiger partial charge in [0.15, 0.2) is 5.84 Å². The number of nitrogens with two attached hydrogens (primary N) is 3. The van der Waals surface area contributed by atoms with Crippen LogP contribution in [0.15, 0.2) is 84.5 Å². The zero-order valence-electron chi connectivity index (χ0n) is 29.6. The van der Waals surface area contributed by atoms with Crippen molar-refractivity contribution in [1.82, 2.24) is 24.9 Å². The number of pyridine rings is 1. The summed E-state index contributed by atoms with van der Waals surface area (Å²) in [6.45, 7) is 1.90. The largest absolute Gasteiger partial charge is 0.469 e. The molecule has 3 aromatic heterocycles. The molecule has 282 valence electrons. The maximum Gasteiger partial charge on any atom is 0.352 e. The van der Waals surface area contributed by atoms with Gasteiger partial charge in [0.1, 0.15) is 23.7 Å². The van der Waals surface area contributed by atoms with Gasteiger partial charge in [0.05, 0.1) is 44.0 Å². The third-order valence-electron chi connectivity index (χ3n) is 8.26. The smallest absolute Gasteiger partial charge is 0.352 e. The van der Waals surface area contributed by atoms with Gasteiger partial charge < -0.3 is 46.8 Å². The SMILES string of the molecule is COC(=O)CCN(C(=O)c1ccc2nc(CNc3ccc(/C(N)=N/OC(=O)C(N)C(C)COC(=O)C(N)Cc4cnc[nH]4)cc3)[nH]c2c1)c1ccccn1. The molecule has 0 aliphatic carbocycles. The number of aromatic nitrogens is 5. The van der Waals surface area contributed by atoms with Crippen LogP contribution in [0.4, 0.5) is 11.5 Å². The first kappa shape index (κ1) is 38.6. The first-order chi connectivity index (χ1) is 26.0. The van der Waals surface area contributed by atoms with Crippen LogP contribution < -0.4 is 27.4 Å². The number of methoxy groups -OCH3 is 1. The van der Waals surface area contributed by atoms with Crippen LogP contribution >= 0.6 is 0 Å². The number of ether oxygens (including phenoxy) is 2. The number of oxime groups is 1. The van der Waals surface area contributed by atoms with E-state index < -0.39 is 35.9 Å². The molecule has 54 heavy (non-hydrogen) atoms. The highest BCUT2D eigenvalue weighted by molar-refractivity contribution is 6.07. The molecule has 0 spiro atoms. The summed E-state index contributed by atoms with van der Waals surface area (Å²) in [5, 5.41) is 6.98. The molecule has 9 N–H and O–H groups in total. The summed E-state index contributed by atoms with van der Waals surface area (Å²) in [6.07, 6.45) is 4.84. The topological polar surface area (TPSA) is 272 Å². The quantitative estimate of drug-likeness (QED) is 0.0261. The van der Waals surface area contributed by atoms with Crippen LogP contribution in [0.1, 0.15) is 40.8 Å². The molecule has 0 aliphatic rings. The zero-order chi connectivity index (χ0) is 38.6. The van der Waals surface area contributed by atoms with E-state index in [9.17, 15) is 19.2 Å². The Morgan fingerprint density at radius 1 is 1.02 bits per heavy atom. The van der Waals surface area contributed by atoms with Crippen LogP contribution in [-0.4, -0.2) is 86.9 Å². The summed E-state index contributed by atoms with van der Waals surface area (Å²) in [7, 11) is 1.30. The number of nitrogens with one attached hydrogen (secondary N) is 3. The molecule has 0 aliphatic heterocycles. The minimum Gasteiger partial charge on any atom is -0.469 e. The molecular weight excluding hydrogens is 698 g/mol. The minimum absolute atomic E-state index is 0.00974. The predicted molar refractivity (Wildman–Crippen MR) is 198 cm³/mol. The number of aromatic amines is 2. The molecule has 3 atom stereocenters. The zero-order valence-corrected chi connectivity index (χ0v) is 29.6. The van der Waals surface area contributed by atoms with Crippen LogP contribution in [0.5, 0.6) is 0 Å². The number of amides is 1. The number of hydrogen-bond acceptors (Lipinski definition) is 14. The molecule has 2 aromatic carbocycles. The molecule has 0 fully saturated rings. The Balaban J connectivity index is 1.11. The van der Waals surface area contributed by atoms with Crippen LogP contribution in [0.3, 0.4) is 0 Å². The number of benzene rings is 2.